The highest BCUT2D eigenvalue weighted by Gasteiger charge is 2.37. The number of benzene rings is 1. The summed E-state index contributed by atoms with van der Waals surface area (Å²) in [5, 5.41) is 2.94. The molecule has 4 saturated heterocycles. The molecule has 4 unspecified atom stereocenters. The zero-order valence-corrected chi connectivity index (χ0v) is 22.8. The minimum absolute atomic E-state index is 0.189. The molecule has 0 spiro atoms. The van der Waals surface area contributed by atoms with Crippen LogP contribution >= 0.6 is 0 Å². The third kappa shape index (κ3) is 5.09. The van der Waals surface area contributed by atoms with Gasteiger partial charge in [0.2, 0.25) is 0 Å². The normalized spacial score (nSPS) is 25.2. The van der Waals surface area contributed by atoms with Crippen LogP contribution in [0.3, 0.4) is 0 Å². The molecule has 208 valence electrons. The highest BCUT2D eigenvalue weighted by Crippen LogP contribution is 2.34. The van der Waals surface area contributed by atoms with Crippen molar-refractivity contribution < 1.29 is 14.3 Å². The molecule has 2 amide bonds. The Morgan fingerprint density at radius 3 is 1.88 bits per heavy atom. The quantitative estimate of drug-likeness (QED) is 0.493. The van der Waals surface area contributed by atoms with Gasteiger partial charge in [0.25, 0.3) is 0 Å². The summed E-state index contributed by atoms with van der Waals surface area (Å²) in [5.74, 6) is 2.60. The standard InChI is InChI=1S/C30H35N7O3/c1-2-37(30(38)32-21-11-13-31-14-12-21)22-5-3-20(4-6-22)29-33-27(35-16-23-7-8-24(17-35)39-23)15-28(34-29)36-18-25-9-10-26(19-36)40-25/h3-6,11-15,23-26H,2,7-10,16-19H2,1H3,(H,31,32,38). The van der Waals surface area contributed by atoms with Crippen LogP contribution < -0.4 is 20.0 Å². The number of hydrogen-bond acceptors (Lipinski definition) is 8. The molecular weight excluding hydrogens is 506 g/mol. The summed E-state index contributed by atoms with van der Waals surface area (Å²) in [6, 6.07) is 13.4. The lowest BCUT2D eigenvalue weighted by Gasteiger charge is -2.35. The van der Waals surface area contributed by atoms with Crippen LogP contribution in [0.1, 0.15) is 32.6 Å². The molecule has 6 heterocycles. The Balaban J connectivity index is 1.17. The summed E-state index contributed by atoms with van der Waals surface area (Å²) in [4.78, 5) is 33.6. The Morgan fingerprint density at radius 2 is 1.38 bits per heavy atom. The van der Waals surface area contributed by atoms with Gasteiger partial charge in [0.05, 0.1) is 24.4 Å². The fourth-order valence-electron chi connectivity index (χ4n) is 6.34. The van der Waals surface area contributed by atoms with Gasteiger partial charge in [0, 0.05) is 68.1 Å². The van der Waals surface area contributed by atoms with Crippen molar-refractivity contribution in [2.24, 2.45) is 0 Å². The molecule has 0 aliphatic carbocycles. The third-order valence-electron chi connectivity index (χ3n) is 8.36. The van der Waals surface area contributed by atoms with Crippen molar-refractivity contribution in [2.45, 2.75) is 57.0 Å². The number of pyridine rings is 1. The Bertz CT molecular complexity index is 1280. The number of carbonyl (C=O) groups is 1. The minimum atomic E-state index is -0.189. The maximum atomic E-state index is 13.0. The number of amides is 2. The number of fused-ring (bicyclic) bond motifs is 4. The number of anilines is 4. The molecule has 4 aliphatic rings. The summed E-state index contributed by atoms with van der Waals surface area (Å²) in [7, 11) is 0. The lowest BCUT2D eigenvalue weighted by Crippen LogP contribution is -2.44. The Hall–Kier alpha value is -3.76. The highest BCUT2D eigenvalue weighted by molar-refractivity contribution is 6.01. The summed E-state index contributed by atoms with van der Waals surface area (Å²) < 4.78 is 12.2. The number of carbonyl (C=O) groups excluding carboxylic acids is 1. The molecule has 10 nitrogen and oxygen atoms in total. The van der Waals surface area contributed by atoms with E-state index in [0.29, 0.717) is 18.1 Å². The lowest BCUT2D eigenvalue weighted by atomic mass is 10.1. The number of morpholine rings is 2. The van der Waals surface area contributed by atoms with Crippen LogP contribution in [-0.4, -0.2) is 78.1 Å². The fourth-order valence-corrected chi connectivity index (χ4v) is 6.34. The summed E-state index contributed by atoms with van der Waals surface area (Å²) in [5.41, 5.74) is 2.44. The molecule has 2 aromatic heterocycles. The molecular formula is C30H35N7O3. The van der Waals surface area contributed by atoms with Crippen LogP contribution in [0.15, 0.2) is 54.9 Å². The van der Waals surface area contributed by atoms with E-state index in [4.69, 9.17) is 19.4 Å². The van der Waals surface area contributed by atoms with Crippen LogP contribution in [0, 0.1) is 0 Å². The second kappa shape index (κ2) is 10.7. The van der Waals surface area contributed by atoms with Crippen molar-refractivity contribution in [2.75, 3.05) is 52.7 Å². The van der Waals surface area contributed by atoms with Crippen LogP contribution in [0.2, 0.25) is 0 Å². The zero-order valence-electron chi connectivity index (χ0n) is 22.8. The predicted molar refractivity (Wildman–Crippen MR) is 154 cm³/mol. The molecule has 7 rings (SSSR count). The van der Waals surface area contributed by atoms with E-state index in [1.165, 1.54) is 0 Å². The lowest BCUT2D eigenvalue weighted by molar-refractivity contribution is 0.0299. The van der Waals surface area contributed by atoms with E-state index in [1.54, 1.807) is 29.4 Å². The smallest absolute Gasteiger partial charge is 0.326 e. The molecule has 40 heavy (non-hydrogen) atoms. The van der Waals surface area contributed by atoms with Gasteiger partial charge in [0.15, 0.2) is 5.82 Å². The Morgan fingerprint density at radius 1 is 0.850 bits per heavy atom. The van der Waals surface area contributed by atoms with Gasteiger partial charge in [-0.15, -0.1) is 0 Å². The Kier molecular flexibility index (Phi) is 6.73. The van der Waals surface area contributed by atoms with Crippen molar-refractivity contribution in [3.63, 3.8) is 0 Å². The molecule has 4 aliphatic heterocycles. The first kappa shape index (κ1) is 25.2. The first-order chi connectivity index (χ1) is 19.6. The average Bonchev–Trinajstić information content (AvgIpc) is 3.51. The molecule has 3 aromatic rings. The highest BCUT2D eigenvalue weighted by atomic mass is 16.5. The van der Waals surface area contributed by atoms with E-state index < -0.39 is 0 Å². The van der Waals surface area contributed by atoms with Crippen molar-refractivity contribution in [1.29, 1.82) is 0 Å². The SMILES string of the molecule is CCN(C(=O)Nc1ccncc1)c1ccc(-c2nc(N3CC4CCC(C3)O4)cc(N3CC4CCC(C3)O4)n2)cc1. The second-order valence-electron chi connectivity index (χ2n) is 11.1. The topological polar surface area (TPSA) is 96.0 Å². The molecule has 0 saturated carbocycles. The van der Waals surface area contributed by atoms with Crippen LogP contribution in [-0.2, 0) is 9.47 Å². The maximum absolute atomic E-state index is 13.0. The number of hydrogen-bond donors (Lipinski definition) is 1. The molecule has 4 bridgehead atoms. The minimum Gasteiger partial charge on any atom is -0.371 e. The van der Waals surface area contributed by atoms with Gasteiger partial charge in [-0.1, -0.05) is 0 Å². The van der Waals surface area contributed by atoms with Gasteiger partial charge in [0.1, 0.15) is 11.6 Å². The zero-order chi connectivity index (χ0) is 27.1. The number of urea groups is 1. The second-order valence-corrected chi connectivity index (χ2v) is 11.1. The number of nitrogens with one attached hydrogen (secondary N) is 1. The van der Waals surface area contributed by atoms with E-state index in [0.717, 1.165) is 74.7 Å². The first-order valence-corrected chi connectivity index (χ1v) is 14.4. The largest absolute Gasteiger partial charge is 0.371 e. The van der Waals surface area contributed by atoms with Crippen LogP contribution in [0.4, 0.5) is 27.8 Å². The summed E-state index contributed by atoms with van der Waals surface area (Å²) in [6.07, 6.45) is 8.88. The summed E-state index contributed by atoms with van der Waals surface area (Å²) in [6.45, 7) is 5.93. The Labute approximate surface area is 234 Å². The fraction of sp³-hybridized carbons (Fsp3) is 0.467. The third-order valence-corrected chi connectivity index (χ3v) is 8.36. The molecule has 10 heteroatoms. The van der Waals surface area contributed by atoms with Gasteiger partial charge in [-0.3, -0.25) is 9.88 Å². The van der Waals surface area contributed by atoms with Crippen LogP contribution in [0.5, 0.6) is 0 Å². The predicted octanol–water partition coefficient (Wildman–Crippen LogP) is 4.33. The van der Waals surface area contributed by atoms with Crippen molar-refractivity contribution in [3.05, 3.63) is 54.9 Å². The first-order valence-electron chi connectivity index (χ1n) is 14.4. The molecule has 1 N–H and O–H groups in total. The number of rotatable bonds is 6. The van der Waals surface area contributed by atoms with E-state index in [9.17, 15) is 4.79 Å². The van der Waals surface area contributed by atoms with Crippen molar-refractivity contribution in [3.8, 4) is 11.4 Å². The van der Waals surface area contributed by atoms with Gasteiger partial charge in [-0.25, -0.2) is 14.8 Å². The maximum Gasteiger partial charge on any atom is 0.326 e. The average molecular weight is 542 g/mol. The van der Waals surface area contributed by atoms with Crippen LogP contribution in [0.25, 0.3) is 11.4 Å². The van der Waals surface area contributed by atoms with E-state index >= 15 is 0 Å². The van der Waals surface area contributed by atoms with Gasteiger partial charge in [-0.05, 0) is 69.0 Å². The van der Waals surface area contributed by atoms with Gasteiger partial charge < -0.3 is 24.6 Å². The number of ether oxygens (including phenoxy) is 2. The number of nitrogens with zero attached hydrogens (tertiary/aromatic N) is 6. The molecule has 1 aromatic carbocycles. The van der Waals surface area contributed by atoms with E-state index in [1.807, 2.05) is 31.2 Å². The van der Waals surface area contributed by atoms with Gasteiger partial charge in [-0.2, -0.15) is 0 Å². The van der Waals surface area contributed by atoms with Crippen molar-refractivity contribution in [1.82, 2.24) is 15.0 Å². The molecule has 4 fully saturated rings. The van der Waals surface area contributed by atoms with E-state index in [2.05, 4.69) is 26.2 Å². The van der Waals surface area contributed by atoms with E-state index in [-0.39, 0.29) is 30.4 Å². The van der Waals surface area contributed by atoms with Gasteiger partial charge >= 0.3 is 6.03 Å². The molecule has 4 atom stereocenters. The monoisotopic (exact) mass is 541 g/mol. The number of aromatic nitrogens is 3. The summed E-state index contributed by atoms with van der Waals surface area (Å²) >= 11 is 0. The van der Waals surface area contributed by atoms with Crippen molar-refractivity contribution >= 4 is 29.0 Å². The molecule has 0 radical (unpaired) electrons.